The van der Waals surface area contributed by atoms with Crippen molar-refractivity contribution in [2.24, 2.45) is 0 Å². The first-order valence-corrected chi connectivity index (χ1v) is 13.3. The van der Waals surface area contributed by atoms with Crippen LogP contribution in [-0.2, 0) is 6.54 Å². The fourth-order valence-electron chi connectivity index (χ4n) is 5.31. The van der Waals surface area contributed by atoms with E-state index in [1.807, 2.05) is 24.3 Å². The van der Waals surface area contributed by atoms with E-state index in [0.717, 1.165) is 53.9 Å². The van der Waals surface area contributed by atoms with E-state index < -0.39 is 0 Å². The second-order valence-electron chi connectivity index (χ2n) is 9.68. The highest BCUT2D eigenvalue weighted by Crippen LogP contribution is 2.39. The molecule has 0 saturated heterocycles. The molecule has 0 saturated carbocycles. The van der Waals surface area contributed by atoms with Gasteiger partial charge in [-0.05, 0) is 60.0 Å². The van der Waals surface area contributed by atoms with Crippen molar-refractivity contribution in [1.82, 2.24) is 4.57 Å². The summed E-state index contributed by atoms with van der Waals surface area (Å²) in [5.41, 5.74) is 8.87. The molecule has 0 aliphatic heterocycles. The van der Waals surface area contributed by atoms with E-state index in [-0.39, 0.29) is 0 Å². The summed E-state index contributed by atoms with van der Waals surface area (Å²) in [6, 6.07) is 42.5. The quantitative estimate of drug-likeness (QED) is 0.197. The van der Waals surface area contributed by atoms with Gasteiger partial charge in [0.2, 0.25) is 0 Å². The lowest BCUT2D eigenvalue weighted by Crippen LogP contribution is -2.09. The maximum absolute atomic E-state index is 11.1. The lowest BCUT2D eigenvalue weighted by atomic mass is 10.0. The zero-order valence-corrected chi connectivity index (χ0v) is 21.5. The topological polar surface area (TPSA) is 25.2 Å². The molecule has 0 atom stereocenters. The molecule has 0 bridgehead atoms. The highest BCUT2D eigenvalue weighted by molar-refractivity contribution is 6.10. The van der Waals surface area contributed by atoms with Crippen LogP contribution in [0, 0.1) is 0 Å². The Kier molecular flexibility index (Phi) is 6.49. The van der Waals surface area contributed by atoms with Gasteiger partial charge in [0.05, 0.1) is 5.52 Å². The van der Waals surface area contributed by atoms with E-state index in [1.54, 1.807) is 0 Å². The number of unbranched alkanes of at least 4 members (excludes halogenated alkanes) is 1. The minimum atomic E-state index is 0.695. The Morgan fingerprint density at radius 3 is 1.82 bits per heavy atom. The molecule has 0 aliphatic rings. The third kappa shape index (κ3) is 4.37. The van der Waals surface area contributed by atoms with Crippen LogP contribution in [0.15, 0.2) is 121 Å². The number of rotatable bonds is 8. The molecule has 0 unspecified atom stereocenters. The average Bonchev–Trinajstić information content (AvgIpc) is 3.29. The molecule has 0 N–H and O–H groups in total. The molecule has 6 rings (SSSR count). The maximum atomic E-state index is 11.1. The predicted octanol–water partition coefficient (Wildman–Crippen LogP) is 9.54. The molecule has 0 spiro atoms. The lowest BCUT2D eigenvalue weighted by molar-refractivity contribution is 0.112. The van der Waals surface area contributed by atoms with Gasteiger partial charge in [-0.3, -0.25) is 4.79 Å². The van der Waals surface area contributed by atoms with E-state index in [4.69, 9.17) is 0 Å². The van der Waals surface area contributed by atoms with Crippen molar-refractivity contribution in [3.63, 3.8) is 0 Å². The monoisotopic (exact) mass is 494 g/mol. The number of benzene rings is 5. The summed E-state index contributed by atoms with van der Waals surface area (Å²) in [5, 5.41) is 2.53. The van der Waals surface area contributed by atoms with Gasteiger partial charge in [0.15, 0.2) is 0 Å². The van der Waals surface area contributed by atoms with Gasteiger partial charge in [-0.1, -0.05) is 92.2 Å². The second kappa shape index (κ2) is 10.4. The molecule has 6 aromatic rings. The van der Waals surface area contributed by atoms with Crippen molar-refractivity contribution in [2.75, 3.05) is 4.90 Å². The number of carbonyl (C=O) groups is 1. The number of fused-ring (bicyclic) bond motifs is 3. The standard InChI is InChI=1S/C35H30N2O/c1-2-3-22-36-34-23-28(27-16-14-26(25-38)15-17-27)18-20-32(34)33-21-19-31(24-35(33)36)37(29-10-6-4-7-11-29)30-12-8-5-9-13-30/h4-21,23-25H,2-3,22H2,1H3. The molecule has 5 aromatic carbocycles. The molecule has 0 fully saturated rings. The molecule has 0 radical (unpaired) electrons. The van der Waals surface area contributed by atoms with E-state index in [2.05, 4.69) is 113 Å². The molecular weight excluding hydrogens is 464 g/mol. The van der Waals surface area contributed by atoms with Crippen molar-refractivity contribution < 1.29 is 4.79 Å². The van der Waals surface area contributed by atoms with Gasteiger partial charge in [-0.2, -0.15) is 0 Å². The first kappa shape index (κ1) is 23.7. The van der Waals surface area contributed by atoms with Gasteiger partial charge in [0, 0.05) is 45.5 Å². The van der Waals surface area contributed by atoms with Crippen molar-refractivity contribution in [3.05, 3.63) is 127 Å². The molecule has 0 aliphatic carbocycles. The van der Waals surface area contributed by atoms with E-state index in [9.17, 15) is 4.79 Å². The average molecular weight is 495 g/mol. The number of carbonyl (C=O) groups excluding carboxylic acids is 1. The second-order valence-corrected chi connectivity index (χ2v) is 9.68. The third-order valence-corrected chi connectivity index (χ3v) is 7.25. The smallest absolute Gasteiger partial charge is 0.150 e. The summed E-state index contributed by atoms with van der Waals surface area (Å²) in [5.74, 6) is 0. The van der Waals surface area contributed by atoms with Crippen LogP contribution >= 0.6 is 0 Å². The van der Waals surface area contributed by atoms with Crippen LogP contribution in [0.25, 0.3) is 32.9 Å². The summed E-state index contributed by atoms with van der Waals surface area (Å²) < 4.78 is 2.48. The molecule has 186 valence electrons. The Morgan fingerprint density at radius 1 is 0.632 bits per heavy atom. The Hall–Kier alpha value is -4.63. The van der Waals surface area contributed by atoms with Crippen LogP contribution in [0.1, 0.15) is 30.1 Å². The summed E-state index contributed by atoms with van der Waals surface area (Å²) in [6.45, 7) is 3.20. The number of nitrogens with zero attached hydrogens (tertiary/aromatic N) is 2. The Bertz CT molecular complexity index is 1660. The summed E-state index contributed by atoms with van der Waals surface area (Å²) in [7, 11) is 0. The Morgan fingerprint density at radius 2 is 1.21 bits per heavy atom. The highest BCUT2D eigenvalue weighted by atomic mass is 16.1. The number of aromatic nitrogens is 1. The van der Waals surface area contributed by atoms with Gasteiger partial charge < -0.3 is 9.47 Å². The number of aldehydes is 1. The van der Waals surface area contributed by atoms with Crippen molar-refractivity contribution >= 4 is 45.2 Å². The maximum Gasteiger partial charge on any atom is 0.150 e. The minimum Gasteiger partial charge on any atom is -0.340 e. The first-order chi connectivity index (χ1) is 18.8. The Balaban J connectivity index is 1.54. The van der Waals surface area contributed by atoms with Crippen LogP contribution in [0.5, 0.6) is 0 Å². The van der Waals surface area contributed by atoms with Crippen molar-refractivity contribution in [2.45, 2.75) is 26.3 Å². The van der Waals surface area contributed by atoms with E-state index in [0.29, 0.717) is 5.56 Å². The van der Waals surface area contributed by atoms with Crippen molar-refractivity contribution in [3.8, 4) is 11.1 Å². The van der Waals surface area contributed by atoms with Crippen LogP contribution in [0.3, 0.4) is 0 Å². The van der Waals surface area contributed by atoms with E-state index in [1.165, 1.54) is 21.8 Å². The number of para-hydroxylation sites is 2. The SMILES string of the molecule is CCCCn1c2cc(-c3ccc(C=O)cc3)ccc2c2ccc(N(c3ccccc3)c3ccccc3)cc21. The number of aryl methyl sites for hydroxylation is 1. The first-order valence-electron chi connectivity index (χ1n) is 13.3. The fourth-order valence-corrected chi connectivity index (χ4v) is 5.31. The zero-order valence-electron chi connectivity index (χ0n) is 21.5. The Labute approximate surface area is 223 Å². The van der Waals surface area contributed by atoms with Gasteiger partial charge in [-0.15, -0.1) is 0 Å². The number of anilines is 3. The highest BCUT2D eigenvalue weighted by Gasteiger charge is 2.17. The van der Waals surface area contributed by atoms with Gasteiger partial charge in [0.1, 0.15) is 6.29 Å². The summed E-state index contributed by atoms with van der Waals surface area (Å²) >= 11 is 0. The van der Waals surface area contributed by atoms with Gasteiger partial charge in [0.25, 0.3) is 0 Å². The molecule has 3 heteroatoms. The molecule has 3 nitrogen and oxygen atoms in total. The van der Waals surface area contributed by atoms with Crippen LogP contribution in [0.4, 0.5) is 17.1 Å². The normalized spacial score (nSPS) is 11.2. The van der Waals surface area contributed by atoms with Crippen LogP contribution < -0.4 is 4.90 Å². The van der Waals surface area contributed by atoms with Crippen molar-refractivity contribution in [1.29, 1.82) is 0 Å². The summed E-state index contributed by atoms with van der Waals surface area (Å²) in [4.78, 5) is 13.4. The molecule has 38 heavy (non-hydrogen) atoms. The van der Waals surface area contributed by atoms with Gasteiger partial charge in [-0.25, -0.2) is 0 Å². The van der Waals surface area contributed by atoms with E-state index >= 15 is 0 Å². The minimum absolute atomic E-state index is 0.695. The largest absolute Gasteiger partial charge is 0.340 e. The molecular formula is C35H30N2O. The molecule has 1 heterocycles. The van der Waals surface area contributed by atoms with Gasteiger partial charge >= 0.3 is 0 Å². The van der Waals surface area contributed by atoms with Crippen LogP contribution in [0.2, 0.25) is 0 Å². The third-order valence-electron chi connectivity index (χ3n) is 7.25. The zero-order chi connectivity index (χ0) is 25.9. The summed E-state index contributed by atoms with van der Waals surface area (Å²) in [6.07, 6.45) is 3.14. The molecule has 1 aromatic heterocycles. The fraction of sp³-hybridized carbons (Fsp3) is 0.114. The predicted molar refractivity (Wildman–Crippen MR) is 160 cm³/mol. The number of hydrogen-bond donors (Lipinski definition) is 0. The lowest BCUT2D eigenvalue weighted by Gasteiger charge is -2.25. The van der Waals surface area contributed by atoms with Crippen LogP contribution in [-0.4, -0.2) is 10.9 Å². The number of hydrogen-bond acceptors (Lipinski definition) is 2. The molecule has 0 amide bonds.